The highest BCUT2D eigenvalue weighted by Gasteiger charge is 2.36. The summed E-state index contributed by atoms with van der Waals surface area (Å²) >= 11 is 0. The summed E-state index contributed by atoms with van der Waals surface area (Å²) in [6.45, 7) is 5.20. The number of rotatable bonds is 7. The predicted molar refractivity (Wildman–Crippen MR) is 97.8 cm³/mol. The van der Waals surface area contributed by atoms with Gasteiger partial charge in [0.15, 0.2) is 5.78 Å². The average molecular weight is 357 g/mol. The summed E-state index contributed by atoms with van der Waals surface area (Å²) in [5.41, 5.74) is 1.72. The topological polar surface area (TPSA) is 89.5 Å². The number of hydrogen-bond acceptors (Lipinski definition) is 5. The van der Waals surface area contributed by atoms with Crippen molar-refractivity contribution in [3.8, 4) is 0 Å². The minimum absolute atomic E-state index is 0.0933. The lowest BCUT2D eigenvalue weighted by molar-refractivity contribution is -0.136. The van der Waals surface area contributed by atoms with Crippen LogP contribution in [0.25, 0.3) is 0 Å². The smallest absolute Gasteiger partial charge is 0.337 e. The minimum Gasteiger partial charge on any atom is -0.465 e. The molecule has 0 radical (unpaired) electrons. The van der Waals surface area contributed by atoms with Crippen molar-refractivity contribution >= 4 is 23.6 Å². The molecule has 2 amide bonds. The van der Waals surface area contributed by atoms with Gasteiger partial charge in [0.05, 0.1) is 12.7 Å². The minimum atomic E-state index is -0.926. The van der Waals surface area contributed by atoms with E-state index in [9.17, 15) is 19.2 Å². The van der Waals surface area contributed by atoms with E-state index in [1.807, 2.05) is 6.92 Å². The lowest BCUT2D eigenvalue weighted by Crippen LogP contribution is -2.26. The summed E-state index contributed by atoms with van der Waals surface area (Å²) in [7, 11) is 1.33. The Bertz CT molecular complexity index is 750. The van der Waals surface area contributed by atoms with E-state index in [0.29, 0.717) is 11.1 Å². The molecule has 1 saturated heterocycles. The van der Waals surface area contributed by atoms with Crippen molar-refractivity contribution < 1.29 is 23.9 Å². The Balaban J connectivity index is 2.67. The molecule has 1 N–H and O–H groups in total. The van der Waals surface area contributed by atoms with Crippen LogP contribution >= 0.6 is 0 Å². The van der Waals surface area contributed by atoms with Gasteiger partial charge in [0, 0.05) is 6.42 Å². The number of carbonyl (C=O) groups is 4. The molecule has 0 spiro atoms. The van der Waals surface area contributed by atoms with E-state index in [1.165, 1.54) is 7.11 Å². The summed E-state index contributed by atoms with van der Waals surface area (Å²) in [5.74, 6) is -2.64. The third-order valence-electron chi connectivity index (χ3n) is 3.72. The number of amides is 2. The SMILES string of the molecule is C\C=C(/C=C(C)/C=C/C=C/C=C(\C)C(=O)C1CC(=O)NC1=O)C(=O)OC. The molecule has 0 aromatic rings. The number of ether oxygens (including phenoxy) is 1. The molecule has 6 heteroatoms. The quantitative estimate of drug-likeness (QED) is 0.248. The second-order valence-electron chi connectivity index (χ2n) is 5.75. The van der Waals surface area contributed by atoms with Crippen LogP contribution in [0, 0.1) is 5.92 Å². The molecule has 0 saturated carbocycles. The molecule has 6 nitrogen and oxygen atoms in total. The standard InChI is InChI=1S/C20H23NO5/c1-5-15(20(25)26-4)11-13(2)9-7-6-8-10-14(3)18(23)16-12-17(22)21-19(16)24/h5-11,16H,12H2,1-4H3,(H,21,22,24)/b8-6+,9-7+,13-11+,14-10+,15-5+. The van der Waals surface area contributed by atoms with Crippen molar-refractivity contribution in [2.75, 3.05) is 7.11 Å². The number of Topliss-reactive ketones (excluding diaryl/α,β-unsaturated/α-hetero) is 1. The van der Waals surface area contributed by atoms with E-state index in [0.717, 1.165) is 5.57 Å². The fraction of sp³-hybridized carbons (Fsp3) is 0.300. The van der Waals surface area contributed by atoms with E-state index in [4.69, 9.17) is 0 Å². The molecule has 1 atom stereocenters. The molecule has 1 fully saturated rings. The molecule has 0 aromatic carbocycles. The normalized spacial score (nSPS) is 19.4. The van der Waals surface area contributed by atoms with Crippen LogP contribution in [-0.2, 0) is 23.9 Å². The van der Waals surface area contributed by atoms with Crippen LogP contribution in [0.2, 0.25) is 0 Å². The molecule has 1 heterocycles. The zero-order chi connectivity index (χ0) is 19.7. The fourth-order valence-corrected chi connectivity index (χ4v) is 2.27. The molecule has 138 valence electrons. The van der Waals surface area contributed by atoms with Crippen molar-refractivity contribution in [2.45, 2.75) is 27.2 Å². The molecule has 1 rings (SSSR count). The first-order chi connectivity index (χ1) is 12.3. The van der Waals surface area contributed by atoms with Crippen LogP contribution in [0.4, 0.5) is 0 Å². The van der Waals surface area contributed by atoms with Crippen LogP contribution in [0.15, 0.2) is 59.3 Å². The van der Waals surface area contributed by atoms with Crippen molar-refractivity contribution in [2.24, 2.45) is 5.92 Å². The van der Waals surface area contributed by atoms with Gasteiger partial charge in [-0.1, -0.05) is 42.0 Å². The molecule has 0 aliphatic carbocycles. The Hall–Kier alpha value is -3.02. The van der Waals surface area contributed by atoms with E-state index in [1.54, 1.807) is 56.4 Å². The molecule has 0 aromatic heterocycles. The molecular weight excluding hydrogens is 334 g/mol. The van der Waals surface area contributed by atoms with Crippen molar-refractivity contribution in [1.29, 1.82) is 0 Å². The van der Waals surface area contributed by atoms with Gasteiger partial charge in [-0.15, -0.1) is 0 Å². The third kappa shape index (κ3) is 6.12. The summed E-state index contributed by atoms with van der Waals surface area (Å²) in [6, 6.07) is 0. The van der Waals surface area contributed by atoms with Gasteiger partial charge in [0.2, 0.25) is 11.8 Å². The summed E-state index contributed by atoms with van der Waals surface area (Å²) < 4.78 is 4.67. The monoisotopic (exact) mass is 357 g/mol. The first-order valence-corrected chi connectivity index (χ1v) is 8.12. The average Bonchev–Trinajstić information content (AvgIpc) is 2.95. The maximum absolute atomic E-state index is 12.1. The molecule has 1 aliphatic rings. The second kappa shape index (κ2) is 10.1. The fourth-order valence-electron chi connectivity index (χ4n) is 2.27. The first-order valence-electron chi connectivity index (χ1n) is 8.12. The maximum Gasteiger partial charge on any atom is 0.337 e. The predicted octanol–water partition coefficient (Wildman–Crippen LogP) is 2.34. The number of ketones is 1. The summed E-state index contributed by atoms with van der Waals surface area (Å²) in [5, 5.41) is 2.13. The number of nitrogens with one attached hydrogen (secondary N) is 1. The first kappa shape index (κ1) is 21.0. The van der Waals surface area contributed by atoms with Gasteiger partial charge in [-0.05, 0) is 32.4 Å². The lowest BCUT2D eigenvalue weighted by atomic mass is 9.97. The van der Waals surface area contributed by atoms with Crippen molar-refractivity contribution in [1.82, 2.24) is 5.32 Å². The number of carbonyl (C=O) groups excluding carboxylic acids is 4. The maximum atomic E-state index is 12.1. The van der Waals surface area contributed by atoms with E-state index < -0.39 is 23.7 Å². The van der Waals surface area contributed by atoms with E-state index in [-0.39, 0.29) is 12.2 Å². The van der Waals surface area contributed by atoms with Gasteiger partial charge in [0.25, 0.3) is 0 Å². The second-order valence-corrected chi connectivity index (χ2v) is 5.75. The molecule has 26 heavy (non-hydrogen) atoms. The number of imide groups is 1. The molecule has 1 unspecified atom stereocenters. The highest BCUT2D eigenvalue weighted by Crippen LogP contribution is 2.16. The van der Waals surface area contributed by atoms with Gasteiger partial charge in [0.1, 0.15) is 5.92 Å². The number of allylic oxidation sites excluding steroid dienone is 8. The number of esters is 1. The van der Waals surface area contributed by atoms with E-state index >= 15 is 0 Å². The highest BCUT2D eigenvalue weighted by atomic mass is 16.5. The van der Waals surface area contributed by atoms with Crippen molar-refractivity contribution in [3.05, 3.63) is 59.3 Å². The lowest BCUT2D eigenvalue weighted by Gasteiger charge is -2.03. The molecule has 0 bridgehead atoms. The third-order valence-corrected chi connectivity index (χ3v) is 3.72. The van der Waals surface area contributed by atoms with Crippen LogP contribution in [0.1, 0.15) is 27.2 Å². The van der Waals surface area contributed by atoms with Crippen LogP contribution < -0.4 is 5.32 Å². The Kier molecular flexibility index (Phi) is 8.15. The van der Waals surface area contributed by atoms with Crippen molar-refractivity contribution in [3.63, 3.8) is 0 Å². The van der Waals surface area contributed by atoms with Crippen LogP contribution in [-0.4, -0.2) is 30.7 Å². The van der Waals surface area contributed by atoms with E-state index in [2.05, 4.69) is 10.1 Å². The van der Waals surface area contributed by atoms with Gasteiger partial charge < -0.3 is 4.74 Å². The summed E-state index contributed by atoms with van der Waals surface area (Å²) in [6.07, 6.45) is 11.8. The molecule has 1 aliphatic heterocycles. The number of methoxy groups -OCH3 is 1. The van der Waals surface area contributed by atoms with Crippen LogP contribution in [0.3, 0.4) is 0 Å². The Morgan fingerprint density at radius 2 is 1.85 bits per heavy atom. The van der Waals surface area contributed by atoms with Gasteiger partial charge in [-0.3, -0.25) is 19.7 Å². The van der Waals surface area contributed by atoms with Gasteiger partial charge in [-0.2, -0.15) is 0 Å². The van der Waals surface area contributed by atoms with Gasteiger partial charge in [-0.25, -0.2) is 4.79 Å². The summed E-state index contributed by atoms with van der Waals surface area (Å²) in [4.78, 5) is 46.3. The van der Waals surface area contributed by atoms with Crippen LogP contribution in [0.5, 0.6) is 0 Å². The Labute approximate surface area is 153 Å². The molecular formula is C20H23NO5. The zero-order valence-electron chi connectivity index (χ0n) is 15.4. The zero-order valence-corrected chi connectivity index (χ0v) is 15.4. The highest BCUT2D eigenvalue weighted by molar-refractivity contribution is 6.18. The van der Waals surface area contributed by atoms with Gasteiger partial charge >= 0.3 is 5.97 Å². The Morgan fingerprint density at radius 3 is 2.38 bits per heavy atom. The largest absolute Gasteiger partial charge is 0.465 e. The Morgan fingerprint density at radius 1 is 1.15 bits per heavy atom. The number of hydrogen-bond donors (Lipinski definition) is 1.